The van der Waals surface area contributed by atoms with Crippen molar-refractivity contribution in [1.29, 1.82) is 0 Å². The molecule has 0 fully saturated rings. The van der Waals surface area contributed by atoms with Crippen molar-refractivity contribution in [2.75, 3.05) is 0 Å². The zero-order valence-corrected chi connectivity index (χ0v) is 29.8. The van der Waals surface area contributed by atoms with Crippen LogP contribution in [0.5, 0.6) is 0 Å². The molecule has 0 aliphatic rings. The quantitative estimate of drug-likeness (QED) is 0.203. The van der Waals surface area contributed by atoms with Gasteiger partial charge in [-0.2, -0.15) is 0 Å². The molecular formula is As3FeO18U3. The van der Waals surface area contributed by atoms with Gasteiger partial charge in [0, 0.05) is 0 Å². The summed E-state index contributed by atoms with van der Waals surface area (Å²) in [5.41, 5.74) is 0. The monoisotopic (exact) mass is 1280 g/mol. The number of hydrogen-bond donors (Lipinski definition) is 0. The van der Waals surface area contributed by atoms with Crippen molar-refractivity contribution >= 4 is 43.5 Å². The van der Waals surface area contributed by atoms with Crippen molar-refractivity contribution in [2.24, 2.45) is 0 Å². The molecule has 0 saturated carbocycles. The van der Waals surface area contributed by atoms with Crippen LogP contribution in [0.2, 0.25) is 0 Å². The fourth-order valence-corrected chi connectivity index (χ4v) is 0. The molecule has 0 aliphatic carbocycles. The first-order valence-electron chi connectivity index (χ1n) is 3.42. The Labute approximate surface area is 201 Å². The van der Waals surface area contributed by atoms with Gasteiger partial charge in [0.25, 0.3) is 0 Å². The molecule has 0 heterocycles. The Balaban J connectivity index is -0.0000000314. The van der Waals surface area contributed by atoms with Gasteiger partial charge < -0.3 is 0 Å². The average molecular weight is 1280 g/mol. The molecule has 0 bridgehead atoms. The molecule has 0 aromatic heterocycles. The van der Waals surface area contributed by atoms with E-state index in [1.54, 1.807) is 0 Å². The van der Waals surface area contributed by atoms with E-state index in [1.807, 2.05) is 0 Å². The first-order valence-corrected chi connectivity index (χ1v) is 22.8. The van der Waals surface area contributed by atoms with Gasteiger partial charge in [-0.05, 0) is 0 Å². The molecule has 0 rings (SSSR count). The third kappa shape index (κ3) is 1690. The molecule has 0 aromatic carbocycles. The normalized spacial score (nSPS) is 8.04. The molecule has 0 aromatic rings. The summed E-state index contributed by atoms with van der Waals surface area (Å²) in [4.78, 5) is 0. The molecular weight excluding hydrogens is 1280 g/mol. The van der Waals surface area contributed by atoms with Crippen LogP contribution in [0.1, 0.15) is 0 Å². The topological polar surface area (TPSA) is 361 Å². The minimum atomic E-state index is -5.88. The van der Waals surface area contributed by atoms with Crippen molar-refractivity contribution < 1.29 is 162 Å². The van der Waals surface area contributed by atoms with Gasteiger partial charge in [0.1, 0.15) is 0 Å². The summed E-state index contributed by atoms with van der Waals surface area (Å²) in [5, 5.41) is 0. The Morgan fingerprint density at radius 1 is 0.400 bits per heavy atom. The minimum absolute atomic E-state index is 0. The van der Waals surface area contributed by atoms with Crippen molar-refractivity contribution in [3.05, 3.63) is 0 Å². The van der Waals surface area contributed by atoms with E-state index in [-0.39, 0.29) is 17.1 Å². The van der Waals surface area contributed by atoms with E-state index in [0.29, 0.717) is 0 Å². The molecule has 0 amide bonds. The molecule has 18 nitrogen and oxygen atoms in total. The summed E-state index contributed by atoms with van der Waals surface area (Å²) in [6.45, 7) is 0. The Kier molecular flexibility index (Phi) is 59.2. The van der Waals surface area contributed by atoms with Crippen molar-refractivity contribution in [2.45, 2.75) is 0 Å². The van der Waals surface area contributed by atoms with E-state index in [4.69, 9.17) is 61.5 Å². The van der Waals surface area contributed by atoms with Crippen LogP contribution in [0.25, 0.3) is 0 Å². The van der Waals surface area contributed by atoms with E-state index in [9.17, 15) is 0 Å². The van der Waals surface area contributed by atoms with Crippen LogP contribution in [0.4, 0.5) is 0 Å². The first-order chi connectivity index (χ1) is 10.2. The number of rotatable bonds is 0. The first kappa shape index (κ1) is 46.4. The summed E-state index contributed by atoms with van der Waals surface area (Å²) in [6, 6.07) is 0. The van der Waals surface area contributed by atoms with Crippen LogP contribution in [-0.4, -0.2) is 43.5 Å². The van der Waals surface area contributed by atoms with Crippen molar-refractivity contribution in [1.82, 2.24) is 0 Å². The molecule has 0 aliphatic heterocycles. The number of hydrogen-bond acceptors (Lipinski definition) is 18. The second kappa shape index (κ2) is 31.9. The third-order valence-corrected chi connectivity index (χ3v) is 0. The Bertz CT molecular complexity index is 401. The Morgan fingerprint density at radius 3 is 0.400 bits per heavy atom. The zero-order chi connectivity index (χ0) is 21.6. The van der Waals surface area contributed by atoms with E-state index >= 15 is 0 Å². The van der Waals surface area contributed by atoms with Crippen LogP contribution in [0.3, 0.4) is 0 Å². The molecule has 0 N–H and O–H groups in total. The molecule has 143 valence electrons. The maximum absolute atomic E-state index is 8.61. The van der Waals surface area contributed by atoms with E-state index in [1.165, 1.54) is 0 Å². The van der Waals surface area contributed by atoms with Crippen molar-refractivity contribution in [3.8, 4) is 0 Å². The van der Waals surface area contributed by atoms with Crippen LogP contribution < -0.4 is 36.9 Å². The van der Waals surface area contributed by atoms with E-state index in [0.717, 1.165) is 0 Å². The van der Waals surface area contributed by atoms with Gasteiger partial charge in [-0.15, -0.1) is 0 Å². The summed E-state index contributed by atoms with van der Waals surface area (Å²) in [6.07, 6.45) is 0. The molecule has 0 atom stereocenters. The SMILES string of the molecule is O=[As]([O-])([O-])[O-].O=[As]([O-])([O-])[O-].O=[As]([O-])([O-])[O-].[Fe+3].[O]=[U+2]=[O].[O]=[U+2]=[O].[O]=[U+2]=[O]. The predicted octanol–water partition coefficient (Wildman–Crippen LogP) is -12.9. The van der Waals surface area contributed by atoms with Gasteiger partial charge in [-0.3, -0.25) is 0 Å². The molecule has 1 radical (unpaired) electrons. The molecule has 0 spiro atoms. The van der Waals surface area contributed by atoms with E-state index < -0.39 is 127 Å². The van der Waals surface area contributed by atoms with E-state index in [2.05, 4.69) is 0 Å². The van der Waals surface area contributed by atoms with Gasteiger partial charge in [0.2, 0.25) is 0 Å². The van der Waals surface area contributed by atoms with Gasteiger partial charge in [0.05, 0.1) is 0 Å². The fraction of sp³-hybridized carbons (Fsp3) is 0. The van der Waals surface area contributed by atoms with Crippen LogP contribution >= 0.6 is 0 Å². The summed E-state index contributed by atoms with van der Waals surface area (Å²) < 4.78 is 155. The molecule has 25 heavy (non-hydrogen) atoms. The Hall–Kier alpha value is 3.19. The zero-order valence-electron chi connectivity index (χ0n) is 10.5. The molecule has 0 saturated heterocycles. The molecule has 0 unspecified atom stereocenters. The summed E-state index contributed by atoms with van der Waals surface area (Å²) in [5.74, 6) is 0. The predicted molar refractivity (Wildman–Crippen MR) is 23.4 cm³/mol. The van der Waals surface area contributed by atoms with Crippen LogP contribution in [-0.2, 0) is 41.7 Å². The van der Waals surface area contributed by atoms with Crippen LogP contribution in [0.15, 0.2) is 0 Å². The summed E-state index contributed by atoms with van der Waals surface area (Å²) in [7, 11) is 0. The molecule has 25 heteroatoms. The van der Waals surface area contributed by atoms with Gasteiger partial charge in [-0.25, -0.2) is 0 Å². The third-order valence-electron chi connectivity index (χ3n) is 0. The van der Waals surface area contributed by atoms with Crippen LogP contribution in [0, 0.1) is 83.5 Å². The summed E-state index contributed by atoms with van der Waals surface area (Å²) >= 11 is -25.1. The van der Waals surface area contributed by atoms with Crippen molar-refractivity contribution in [3.63, 3.8) is 0 Å². The second-order valence-corrected chi connectivity index (χ2v) is 9.30. The standard InChI is InChI=1S/3AsH3O4.Fe.6O.3U/c3*2-1(3,4)5;;;;;;;;;;/h3*(H3,2,3,4,5);;;;;;;;;;/q;;;+3;;;;;;;3*+2/p-9. The fourth-order valence-electron chi connectivity index (χ4n) is 0. The Morgan fingerprint density at radius 2 is 0.400 bits per heavy atom. The maximum atomic E-state index is 8.61. The van der Waals surface area contributed by atoms with Gasteiger partial charge in [0.15, 0.2) is 0 Å². The average Bonchev–Trinajstić information content (AvgIpc) is 2.10. The second-order valence-electron chi connectivity index (χ2n) is 1.59. The van der Waals surface area contributed by atoms with Gasteiger partial charge >= 0.3 is 206 Å². The van der Waals surface area contributed by atoms with Gasteiger partial charge in [-0.1, -0.05) is 0 Å².